The van der Waals surface area contributed by atoms with Crippen LogP contribution in [0.3, 0.4) is 0 Å². The molecule has 0 saturated heterocycles. The number of nitrogens with one attached hydrogen (secondary N) is 1. The molecular weight excluding hydrogens is 617 g/mol. The minimum absolute atomic E-state index is 0.0124. The molecule has 2 aromatic rings. The average molecular weight is 656 g/mol. The van der Waals surface area contributed by atoms with Gasteiger partial charge in [-0.3, -0.25) is 18.9 Å². The molecule has 0 aliphatic heterocycles. The number of amides is 1. The summed E-state index contributed by atoms with van der Waals surface area (Å²) in [5, 5.41) is 49.0. The van der Waals surface area contributed by atoms with E-state index >= 15 is 0 Å². The monoisotopic (exact) mass is 655 g/mol. The summed E-state index contributed by atoms with van der Waals surface area (Å²) >= 11 is 0. The standard InChI is InChI=1S/C32H38N3O10P/c1-5-44-46(43,45-6-2)31(16-10-8-7-9-11-16)34-20-15-21(35(3)4)19-13-17-12-18-14-22(36)25(30(33)41)29(40)32(18,42)28(39)23(17)27(38)24(19)26(20)37/h7-11,15,17-18,31,34,37-38,40,42H,5-6,12-14H2,1-4H3,(H2,33,41). The van der Waals surface area contributed by atoms with E-state index < -0.39 is 77.6 Å². The van der Waals surface area contributed by atoms with Gasteiger partial charge in [0, 0.05) is 37.7 Å². The number of fused-ring (bicyclic) bond motifs is 3. The number of primary amides is 1. The van der Waals surface area contributed by atoms with Crippen LogP contribution in [0.2, 0.25) is 0 Å². The van der Waals surface area contributed by atoms with E-state index in [1.54, 1.807) is 69.2 Å². The van der Waals surface area contributed by atoms with Gasteiger partial charge in [-0.1, -0.05) is 30.3 Å². The van der Waals surface area contributed by atoms with Crippen LogP contribution in [-0.2, 0) is 34.4 Å². The maximum absolute atomic E-state index is 14.1. The number of ketones is 2. The summed E-state index contributed by atoms with van der Waals surface area (Å²) in [6.45, 7) is 3.50. The molecule has 0 radical (unpaired) electrons. The number of hydrogen-bond donors (Lipinski definition) is 6. The third-order valence-corrected chi connectivity index (χ3v) is 11.2. The van der Waals surface area contributed by atoms with Gasteiger partial charge in [-0.05, 0) is 49.8 Å². The third-order valence-electron chi connectivity index (χ3n) is 8.86. The molecule has 3 aliphatic rings. The Morgan fingerprint density at radius 2 is 1.74 bits per heavy atom. The number of Topliss-reactive ketones (excluding diaryl/α,β-unsaturated/α-hetero) is 2. The first-order valence-corrected chi connectivity index (χ1v) is 16.6. The van der Waals surface area contributed by atoms with Crippen LogP contribution in [0.4, 0.5) is 11.4 Å². The second kappa shape index (κ2) is 12.2. The van der Waals surface area contributed by atoms with Crippen LogP contribution in [0.25, 0.3) is 5.76 Å². The molecular formula is C32H38N3O10P. The highest BCUT2D eigenvalue weighted by Crippen LogP contribution is 2.62. The molecule has 2 aromatic carbocycles. The Balaban J connectivity index is 1.69. The molecule has 246 valence electrons. The van der Waals surface area contributed by atoms with E-state index in [1.165, 1.54) is 0 Å². The highest BCUT2D eigenvalue weighted by atomic mass is 31.2. The van der Waals surface area contributed by atoms with Crippen molar-refractivity contribution >= 4 is 42.2 Å². The zero-order valence-electron chi connectivity index (χ0n) is 25.9. The molecule has 5 rings (SSSR count). The van der Waals surface area contributed by atoms with Gasteiger partial charge in [-0.25, -0.2) is 0 Å². The van der Waals surface area contributed by atoms with Crippen molar-refractivity contribution < 1.29 is 48.4 Å². The van der Waals surface area contributed by atoms with Gasteiger partial charge in [0.15, 0.2) is 17.2 Å². The van der Waals surface area contributed by atoms with E-state index in [2.05, 4.69) is 5.32 Å². The van der Waals surface area contributed by atoms with Crippen LogP contribution in [0.15, 0.2) is 53.3 Å². The lowest BCUT2D eigenvalue weighted by molar-refractivity contribution is -0.147. The number of aliphatic hydroxyl groups excluding tert-OH is 2. The summed E-state index contributed by atoms with van der Waals surface area (Å²) < 4.78 is 25.4. The van der Waals surface area contributed by atoms with E-state index in [4.69, 9.17) is 14.8 Å². The lowest BCUT2D eigenvalue weighted by Crippen LogP contribution is -2.58. The number of carbonyl (C=O) groups is 3. The Bertz CT molecular complexity index is 1710. The van der Waals surface area contributed by atoms with Crippen molar-refractivity contribution in [2.75, 3.05) is 37.5 Å². The summed E-state index contributed by atoms with van der Waals surface area (Å²) in [4.78, 5) is 40.3. The van der Waals surface area contributed by atoms with Crippen molar-refractivity contribution in [1.29, 1.82) is 0 Å². The fourth-order valence-corrected chi connectivity index (χ4v) is 8.78. The van der Waals surface area contributed by atoms with Crippen LogP contribution in [0, 0.1) is 11.8 Å². The first-order chi connectivity index (χ1) is 21.7. The van der Waals surface area contributed by atoms with E-state index in [-0.39, 0.29) is 42.9 Å². The summed E-state index contributed by atoms with van der Waals surface area (Å²) in [7, 11) is -0.389. The molecule has 0 bridgehead atoms. The van der Waals surface area contributed by atoms with Crippen molar-refractivity contribution in [1.82, 2.24) is 0 Å². The summed E-state index contributed by atoms with van der Waals surface area (Å²) in [6.07, 6.45) is -0.260. The predicted molar refractivity (Wildman–Crippen MR) is 169 cm³/mol. The van der Waals surface area contributed by atoms with Gasteiger partial charge in [0.1, 0.15) is 22.8 Å². The molecule has 1 fully saturated rings. The highest BCUT2D eigenvalue weighted by Gasteiger charge is 2.60. The molecule has 0 heterocycles. The summed E-state index contributed by atoms with van der Waals surface area (Å²) in [6, 6.07) is 10.4. The molecule has 4 atom stereocenters. The Morgan fingerprint density at radius 1 is 1.11 bits per heavy atom. The van der Waals surface area contributed by atoms with Gasteiger partial charge < -0.3 is 45.4 Å². The SMILES string of the molecule is CCOP(=O)(OCC)C(Nc1cc(N(C)C)c2c(c1O)C(O)=C1C(=O)C3(O)C(O)=C(C(N)=O)C(=O)CC3CC1C2)c1ccccc1. The smallest absolute Gasteiger partial charge is 0.357 e. The van der Waals surface area contributed by atoms with Crippen molar-refractivity contribution in [2.24, 2.45) is 17.6 Å². The highest BCUT2D eigenvalue weighted by molar-refractivity contribution is 7.54. The normalized spacial score (nSPS) is 23.4. The van der Waals surface area contributed by atoms with Gasteiger partial charge in [0.2, 0.25) is 5.78 Å². The van der Waals surface area contributed by atoms with Gasteiger partial charge >= 0.3 is 7.60 Å². The molecule has 3 aliphatic carbocycles. The number of nitrogens with two attached hydrogens (primary N) is 1. The lowest BCUT2D eigenvalue weighted by atomic mass is 9.59. The number of rotatable bonds is 10. The topological polar surface area (TPSA) is 209 Å². The first kappa shape index (κ1) is 33.2. The number of nitrogens with zero attached hydrogens (tertiary/aromatic N) is 1. The Labute approximate surface area is 265 Å². The van der Waals surface area contributed by atoms with Gasteiger partial charge in [0.05, 0.1) is 24.5 Å². The zero-order valence-corrected chi connectivity index (χ0v) is 26.8. The number of anilines is 2. The van der Waals surface area contributed by atoms with Gasteiger partial charge in [-0.15, -0.1) is 0 Å². The minimum Gasteiger partial charge on any atom is -0.508 e. The number of benzene rings is 2. The van der Waals surface area contributed by atoms with Crippen LogP contribution in [-0.4, -0.2) is 70.8 Å². The third kappa shape index (κ3) is 5.17. The van der Waals surface area contributed by atoms with E-state index in [0.717, 1.165) is 0 Å². The minimum atomic E-state index is -3.90. The molecule has 13 nitrogen and oxygen atoms in total. The first-order valence-electron chi connectivity index (χ1n) is 14.9. The van der Waals surface area contributed by atoms with Gasteiger partial charge in [0.25, 0.3) is 5.91 Å². The van der Waals surface area contributed by atoms with Crippen LogP contribution in [0.1, 0.15) is 49.2 Å². The van der Waals surface area contributed by atoms with Crippen molar-refractivity contribution in [3.8, 4) is 5.75 Å². The Kier molecular flexibility index (Phi) is 8.82. The molecule has 0 spiro atoms. The largest absolute Gasteiger partial charge is 0.508 e. The van der Waals surface area contributed by atoms with Crippen LogP contribution < -0.4 is 16.0 Å². The number of aromatic hydroxyl groups is 1. The molecule has 4 unspecified atom stereocenters. The number of hydrogen-bond acceptors (Lipinski definition) is 12. The maximum atomic E-state index is 14.1. The lowest BCUT2D eigenvalue weighted by Gasteiger charge is -2.46. The van der Waals surface area contributed by atoms with Crippen molar-refractivity contribution in [3.63, 3.8) is 0 Å². The average Bonchev–Trinajstić information content (AvgIpc) is 2.98. The van der Waals surface area contributed by atoms with Crippen molar-refractivity contribution in [2.45, 2.75) is 44.5 Å². The molecule has 0 aromatic heterocycles. The Hall–Kier alpha value is -4.16. The summed E-state index contributed by atoms with van der Waals surface area (Å²) in [5.41, 5.74) is 3.02. The fraction of sp³-hybridized carbons (Fsp3) is 0.406. The van der Waals surface area contributed by atoms with E-state index in [1.807, 2.05) is 0 Å². The molecule has 1 amide bonds. The second-order valence-corrected chi connectivity index (χ2v) is 13.9. The van der Waals surface area contributed by atoms with Gasteiger partial charge in [-0.2, -0.15) is 0 Å². The predicted octanol–water partition coefficient (Wildman–Crippen LogP) is 3.87. The molecule has 46 heavy (non-hydrogen) atoms. The maximum Gasteiger partial charge on any atom is 0.357 e. The quantitative estimate of drug-likeness (QED) is 0.122. The molecule has 7 N–H and O–H groups in total. The number of phenolic OH excluding ortho intramolecular Hbond substituents is 1. The van der Waals surface area contributed by atoms with Crippen molar-refractivity contribution in [3.05, 3.63) is 70.0 Å². The van der Waals surface area contributed by atoms with Crippen LogP contribution in [0.5, 0.6) is 5.75 Å². The second-order valence-electron chi connectivity index (χ2n) is 11.8. The number of phenols is 1. The molecule has 1 saturated carbocycles. The van der Waals surface area contributed by atoms with E-state index in [9.17, 15) is 39.4 Å². The number of aliphatic hydroxyl groups is 3. The zero-order chi connectivity index (χ0) is 33.7. The van der Waals surface area contributed by atoms with E-state index in [0.29, 0.717) is 16.8 Å². The Morgan fingerprint density at radius 3 is 2.30 bits per heavy atom. The summed E-state index contributed by atoms with van der Waals surface area (Å²) in [5.74, 6) is -8.26. The number of carbonyl (C=O) groups excluding carboxylic acids is 3. The fourth-order valence-electron chi connectivity index (χ4n) is 6.85. The molecule has 14 heteroatoms. The van der Waals surface area contributed by atoms with Crippen LogP contribution >= 0.6 is 7.60 Å².